The summed E-state index contributed by atoms with van der Waals surface area (Å²) in [7, 11) is 0. The van der Waals surface area contributed by atoms with Gasteiger partial charge in [-0.3, -0.25) is 4.57 Å². The van der Waals surface area contributed by atoms with E-state index in [1.54, 1.807) is 0 Å². The predicted octanol–water partition coefficient (Wildman–Crippen LogP) is 11.7. The number of hydrogen-bond donors (Lipinski definition) is 0. The summed E-state index contributed by atoms with van der Waals surface area (Å²) in [5, 5.41) is 7.76. The van der Waals surface area contributed by atoms with Crippen molar-refractivity contribution in [1.82, 2.24) is 19.3 Å². The topological polar surface area (TPSA) is 44.9 Å². The smallest absolute Gasteiger partial charge is 0.137 e. The first kappa shape index (κ1) is 32.4. The van der Waals surface area contributed by atoms with Crippen molar-refractivity contribution < 1.29 is 4.74 Å². The largest absolute Gasteiger partial charge is 0.457 e. The Bertz CT molecular complexity index is 2270. The minimum Gasteiger partial charge on any atom is -0.457 e. The van der Waals surface area contributed by atoms with Gasteiger partial charge in [0, 0.05) is 34.7 Å². The highest BCUT2D eigenvalue weighted by molar-refractivity contribution is 6.09. The number of benzene rings is 4. The molecule has 0 saturated heterocycles. The van der Waals surface area contributed by atoms with Crippen molar-refractivity contribution in [2.45, 2.75) is 80.1 Å². The second-order valence-corrected chi connectivity index (χ2v) is 13.5. The van der Waals surface area contributed by atoms with E-state index in [1.165, 1.54) is 50.0 Å². The Balaban J connectivity index is 1.34. The van der Waals surface area contributed by atoms with Crippen LogP contribution in [0.25, 0.3) is 44.4 Å². The fraction of sp³-hybridized carbons (Fsp3) is 0.273. The Labute approximate surface area is 290 Å². The Kier molecular flexibility index (Phi) is 9.09. The molecule has 0 amide bonds. The molecule has 49 heavy (non-hydrogen) atoms. The summed E-state index contributed by atoms with van der Waals surface area (Å²) in [5.41, 5.74) is 13.3. The van der Waals surface area contributed by atoms with Gasteiger partial charge in [0.1, 0.15) is 17.3 Å². The van der Waals surface area contributed by atoms with Crippen LogP contribution < -0.4 is 4.74 Å². The van der Waals surface area contributed by atoms with E-state index < -0.39 is 0 Å². The van der Waals surface area contributed by atoms with Gasteiger partial charge in [-0.25, -0.2) is 9.67 Å². The number of ether oxygens (including phenoxy) is 1. The molecule has 0 spiro atoms. The minimum atomic E-state index is 0.785. The molecule has 7 rings (SSSR count). The van der Waals surface area contributed by atoms with Crippen LogP contribution in [-0.2, 0) is 12.8 Å². The number of pyridine rings is 1. The molecule has 0 saturated carbocycles. The van der Waals surface area contributed by atoms with Gasteiger partial charge in [-0.2, -0.15) is 5.10 Å². The van der Waals surface area contributed by atoms with Crippen molar-refractivity contribution in [2.24, 2.45) is 0 Å². The fourth-order valence-electron chi connectivity index (χ4n) is 7.26. The monoisotopic (exact) mass is 646 g/mol. The summed E-state index contributed by atoms with van der Waals surface area (Å²) in [5.74, 6) is 2.48. The molecule has 0 N–H and O–H groups in total. The molecule has 248 valence electrons. The minimum absolute atomic E-state index is 0.785. The first-order chi connectivity index (χ1) is 23.9. The quantitative estimate of drug-likeness (QED) is 0.140. The van der Waals surface area contributed by atoms with E-state index in [4.69, 9.17) is 14.8 Å². The number of para-hydroxylation sites is 1. The SMILES string of the molecule is CCCCc1nn(-c2cc(C)cc(Oc3ccc4c5ccccc5n(-c5cc(C)ccn5)c4c3)c2)c(CCCC)c1-c1c(C)cccc1C. The normalized spacial score (nSPS) is 11.6. The second kappa shape index (κ2) is 13.8. The molecule has 0 aliphatic rings. The molecule has 0 atom stereocenters. The van der Waals surface area contributed by atoms with Gasteiger partial charge in [0.25, 0.3) is 0 Å². The zero-order valence-corrected chi connectivity index (χ0v) is 29.7. The van der Waals surface area contributed by atoms with Crippen molar-refractivity contribution in [1.29, 1.82) is 0 Å². The third-order valence-electron chi connectivity index (χ3n) is 9.61. The Morgan fingerprint density at radius 1 is 0.633 bits per heavy atom. The number of unbranched alkanes of at least 4 members (excludes halogenated alkanes) is 2. The number of aryl methyl sites for hydroxylation is 5. The molecule has 0 aliphatic carbocycles. The molecule has 5 heteroatoms. The van der Waals surface area contributed by atoms with Crippen LogP contribution in [0.5, 0.6) is 11.5 Å². The van der Waals surface area contributed by atoms with E-state index in [1.807, 2.05) is 12.3 Å². The van der Waals surface area contributed by atoms with Crippen LogP contribution in [-0.4, -0.2) is 19.3 Å². The number of aromatic nitrogens is 4. The zero-order valence-electron chi connectivity index (χ0n) is 29.7. The Morgan fingerprint density at radius 3 is 2.16 bits per heavy atom. The summed E-state index contributed by atoms with van der Waals surface area (Å²) >= 11 is 0. The van der Waals surface area contributed by atoms with Crippen LogP contribution in [0, 0.1) is 27.7 Å². The maximum atomic E-state index is 6.71. The van der Waals surface area contributed by atoms with E-state index in [-0.39, 0.29) is 0 Å². The average molecular weight is 647 g/mol. The van der Waals surface area contributed by atoms with Gasteiger partial charge in [-0.1, -0.05) is 63.1 Å². The third-order valence-corrected chi connectivity index (χ3v) is 9.61. The predicted molar refractivity (Wildman–Crippen MR) is 204 cm³/mol. The second-order valence-electron chi connectivity index (χ2n) is 13.5. The van der Waals surface area contributed by atoms with E-state index in [9.17, 15) is 0 Å². The van der Waals surface area contributed by atoms with E-state index in [2.05, 4.69) is 136 Å². The molecule has 3 heterocycles. The average Bonchev–Trinajstić information content (AvgIpc) is 3.61. The Hall–Kier alpha value is -5.16. The molecule has 0 bridgehead atoms. The highest BCUT2D eigenvalue weighted by Gasteiger charge is 2.23. The molecule has 4 aromatic carbocycles. The van der Waals surface area contributed by atoms with Gasteiger partial charge in [-0.05, 0) is 124 Å². The molecule has 0 aliphatic heterocycles. The maximum Gasteiger partial charge on any atom is 0.137 e. The molecular formula is C44H46N4O. The molecule has 7 aromatic rings. The van der Waals surface area contributed by atoms with Crippen molar-refractivity contribution >= 4 is 21.8 Å². The van der Waals surface area contributed by atoms with Crippen LogP contribution in [0.1, 0.15) is 73.2 Å². The first-order valence-corrected chi connectivity index (χ1v) is 17.8. The van der Waals surface area contributed by atoms with Gasteiger partial charge >= 0.3 is 0 Å². The van der Waals surface area contributed by atoms with Crippen molar-refractivity contribution in [3.63, 3.8) is 0 Å². The lowest BCUT2D eigenvalue weighted by Gasteiger charge is -2.15. The molecule has 0 unspecified atom stereocenters. The Morgan fingerprint density at radius 2 is 1.39 bits per heavy atom. The van der Waals surface area contributed by atoms with Crippen molar-refractivity contribution in [2.75, 3.05) is 0 Å². The molecule has 0 fully saturated rings. The zero-order chi connectivity index (χ0) is 34.1. The lowest BCUT2D eigenvalue weighted by atomic mass is 9.91. The molecule has 5 nitrogen and oxygen atoms in total. The van der Waals surface area contributed by atoms with Crippen LogP contribution in [0.15, 0.2) is 97.2 Å². The number of hydrogen-bond acceptors (Lipinski definition) is 3. The molecule has 0 radical (unpaired) electrons. The number of rotatable bonds is 11. The van der Waals surface area contributed by atoms with Gasteiger partial charge in [-0.15, -0.1) is 0 Å². The standard InChI is InChI=1S/C44H46N4O/c1-7-9-17-38-44(43-31(5)14-13-15-32(43)6)40(18-10-8-2)48(46-38)33-24-30(4)25-35(27-33)49-34-20-21-37-36-16-11-12-19-39(36)47(41(37)28-34)42-26-29(3)22-23-45-42/h11-16,19-28H,7-10,17-18H2,1-6H3. The first-order valence-electron chi connectivity index (χ1n) is 17.8. The molecule has 3 aromatic heterocycles. The van der Waals surface area contributed by atoms with Crippen LogP contribution in [0.2, 0.25) is 0 Å². The summed E-state index contributed by atoms with van der Waals surface area (Å²) < 4.78 is 11.2. The summed E-state index contributed by atoms with van der Waals surface area (Å²) in [6.07, 6.45) is 8.29. The number of fused-ring (bicyclic) bond motifs is 3. The summed E-state index contributed by atoms with van der Waals surface area (Å²) in [6, 6.07) is 32.2. The fourth-order valence-corrected chi connectivity index (χ4v) is 7.26. The van der Waals surface area contributed by atoms with Crippen LogP contribution >= 0.6 is 0 Å². The lowest BCUT2D eigenvalue weighted by Crippen LogP contribution is -2.04. The van der Waals surface area contributed by atoms with E-state index >= 15 is 0 Å². The third kappa shape index (κ3) is 6.26. The van der Waals surface area contributed by atoms with E-state index in [0.29, 0.717) is 0 Å². The van der Waals surface area contributed by atoms with Crippen molar-refractivity contribution in [3.05, 3.63) is 131 Å². The van der Waals surface area contributed by atoms with Crippen LogP contribution in [0.3, 0.4) is 0 Å². The number of nitrogens with zero attached hydrogens (tertiary/aromatic N) is 4. The maximum absolute atomic E-state index is 6.71. The van der Waals surface area contributed by atoms with Gasteiger partial charge in [0.05, 0.1) is 28.1 Å². The summed E-state index contributed by atoms with van der Waals surface area (Å²) in [4.78, 5) is 4.75. The van der Waals surface area contributed by atoms with Gasteiger partial charge in [0.15, 0.2) is 0 Å². The van der Waals surface area contributed by atoms with E-state index in [0.717, 1.165) is 78.1 Å². The summed E-state index contributed by atoms with van der Waals surface area (Å²) in [6.45, 7) is 13.2. The lowest BCUT2D eigenvalue weighted by molar-refractivity contribution is 0.482. The highest BCUT2D eigenvalue weighted by atomic mass is 16.5. The van der Waals surface area contributed by atoms with Gasteiger partial charge in [0.2, 0.25) is 0 Å². The van der Waals surface area contributed by atoms with Crippen LogP contribution in [0.4, 0.5) is 0 Å². The van der Waals surface area contributed by atoms with Crippen molar-refractivity contribution in [3.8, 4) is 34.1 Å². The highest BCUT2D eigenvalue weighted by Crippen LogP contribution is 2.38. The molecular weight excluding hydrogens is 601 g/mol. The van der Waals surface area contributed by atoms with Gasteiger partial charge < -0.3 is 4.74 Å².